The van der Waals surface area contributed by atoms with Crippen LogP contribution in [0.4, 0.5) is 5.69 Å². The van der Waals surface area contributed by atoms with E-state index in [0.717, 1.165) is 25.2 Å². The summed E-state index contributed by atoms with van der Waals surface area (Å²) in [6.07, 6.45) is 5.15. The number of nitrogens with one attached hydrogen (secondary N) is 1. The number of rotatable bonds is 5. The highest BCUT2D eigenvalue weighted by molar-refractivity contribution is 5.45. The van der Waals surface area contributed by atoms with Crippen molar-refractivity contribution in [3.8, 4) is 0 Å². The summed E-state index contributed by atoms with van der Waals surface area (Å²) in [4.78, 5) is 0. The van der Waals surface area contributed by atoms with Crippen molar-refractivity contribution in [1.82, 2.24) is 9.78 Å². The number of nitrogens with zero attached hydrogens (tertiary/aromatic N) is 2. The summed E-state index contributed by atoms with van der Waals surface area (Å²) in [5.74, 6) is 0. The lowest BCUT2D eigenvalue weighted by atomic mass is 10.2. The predicted molar refractivity (Wildman–Crippen MR) is 71.0 cm³/mol. The fraction of sp³-hybridized carbons (Fsp3) is 0.357. The van der Waals surface area contributed by atoms with Gasteiger partial charge < -0.3 is 5.32 Å². The highest BCUT2D eigenvalue weighted by Gasteiger charge is 1.98. The Labute approximate surface area is 102 Å². The fourth-order valence-electron chi connectivity index (χ4n) is 1.81. The van der Waals surface area contributed by atoms with Crippen molar-refractivity contribution >= 4 is 5.69 Å². The van der Waals surface area contributed by atoms with Crippen LogP contribution in [0.2, 0.25) is 0 Å². The molecule has 90 valence electrons. The number of hydrogen-bond donors (Lipinski definition) is 1. The second-order valence-electron chi connectivity index (χ2n) is 4.33. The number of aryl methyl sites for hydroxylation is 2. The zero-order valence-corrected chi connectivity index (χ0v) is 10.5. The van der Waals surface area contributed by atoms with Crippen LogP contribution in [0.15, 0.2) is 36.7 Å². The Morgan fingerprint density at radius 3 is 3.00 bits per heavy atom. The third kappa shape index (κ3) is 3.34. The van der Waals surface area contributed by atoms with Crippen LogP contribution in [-0.4, -0.2) is 9.78 Å². The summed E-state index contributed by atoms with van der Waals surface area (Å²) < 4.78 is 1.99. The van der Waals surface area contributed by atoms with Crippen molar-refractivity contribution in [3.63, 3.8) is 0 Å². The number of hydrogen-bond acceptors (Lipinski definition) is 2. The molecule has 2 aromatic rings. The van der Waals surface area contributed by atoms with Crippen LogP contribution < -0.4 is 5.32 Å². The minimum atomic E-state index is 0.827. The van der Waals surface area contributed by atoms with E-state index in [9.17, 15) is 0 Å². The summed E-state index contributed by atoms with van der Waals surface area (Å²) in [5, 5.41) is 7.72. The van der Waals surface area contributed by atoms with Crippen molar-refractivity contribution in [1.29, 1.82) is 0 Å². The molecule has 3 heteroatoms. The Morgan fingerprint density at radius 1 is 1.35 bits per heavy atom. The fourth-order valence-corrected chi connectivity index (χ4v) is 1.81. The summed E-state index contributed by atoms with van der Waals surface area (Å²) in [5.41, 5.74) is 3.66. The third-order valence-electron chi connectivity index (χ3n) is 2.65. The van der Waals surface area contributed by atoms with Gasteiger partial charge in [0.25, 0.3) is 0 Å². The van der Waals surface area contributed by atoms with Crippen molar-refractivity contribution in [2.75, 3.05) is 5.32 Å². The third-order valence-corrected chi connectivity index (χ3v) is 2.65. The molecule has 2 rings (SSSR count). The van der Waals surface area contributed by atoms with E-state index < -0.39 is 0 Å². The number of aromatic nitrogens is 2. The standard InChI is InChI=1S/C14H19N3/c1-3-7-17-11-13(10-16-17)9-15-14-6-4-5-12(2)8-14/h4-6,8,10-11,15H,3,7,9H2,1-2H3. The lowest BCUT2D eigenvalue weighted by Gasteiger charge is -2.05. The van der Waals surface area contributed by atoms with Gasteiger partial charge in [-0.3, -0.25) is 4.68 Å². The van der Waals surface area contributed by atoms with E-state index in [4.69, 9.17) is 0 Å². The highest BCUT2D eigenvalue weighted by Crippen LogP contribution is 2.11. The highest BCUT2D eigenvalue weighted by atomic mass is 15.3. The van der Waals surface area contributed by atoms with Gasteiger partial charge in [-0.1, -0.05) is 19.1 Å². The molecule has 17 heavy (non-hydrogen) atoms. The zero-order chi connectivity index (χ0) is 12.1. The van der Waals surface area contributed by atoms with Crippen LogP contribution in [0.25, 0.3) is 0 Å². The molecule has 3 nitrogen and oxygen atoms in total. The second kappa shape index (κ2) is 5.53. The van der Waals surface area contributed by atoms with Crippen LogP contribution in [-0.2, 0) is 13.1 Å². The van der Waals surface area contributed by atoms with Gasteiger partial charge >= 0.3 is 0 Å². The predicted octanol–water partition coefficient (Wildman–Crippen LogP) is 3.21. The molecule has 0 aliphatic carbocycles. The molecule has 0 spiro atoms. The first kappa shape index (κ1) is 11.7. The normalized spacial score (nSPS) is 10.5. The van der Waals surface area contributed by atoms with E-state index in [1.165, 1.54) is 11.1 Å². The van der Waals surface area contributed by atoms with E-state index in [1.54, 1.807) is 0 Å². The minimum absolute atomic E-state index is 0.827. The molecule has 1 aromatic heterocycles. The zero-order valence-electron chi connectivity index (χ0n) is 10.5. The maximum absolute atomic E-state index is 4.31. The maximum Gasteiger partial charge on any atom is 0.0539 e. The van der Waals surface area contributed by atoms with Crippen LogP contribution >= 0.6 is 0 Å². The molecule has 0 atom stereocenters. The first-order valence-electron chi connectivity index (χ1n) is 6.10. The Balaban J connectivity index is 1.93. The molecule has 0 unspecified atom stereocenters. The smallest absolute Gasteiger partial charge is 0.0539 e. The monoisotopic (exact) mass is 229 g/mol. The summed E-state index contributed by atoms with van der Waals surface area (Å²) in [7, 11) is 0. The van der Waals surface area contributed by atoms with Crippen molar-refractivity contribution in [2.24, 2.45) is 0 Å². The first-order chi connectivity index (χ1) is 8.28. The van der Waals surface area contributed by atoms with Crippen molar-refractivity contribution in [3.05, 3.63) is 47.8 Å². The molecule has 1 aromatic carbocycles. The van der Waals surface area contributed by atoms with Gasteiger partial charge in [0.1, 0.15) is 0 Å². The second-order valence-corrected chi connectivity index (χ2v) is 4.33. The summed E-state index contributed by atoms with van der Waals surface area (Å²) in [6.45, 7) is 6.08. The van der Waals surface area contributed by atoms with Gasteiger partial charge in [0.05, 0.1) is 6.20 Å². The molecule has 0 fully saturated rings. The summed E-state index contributed by atoms with van der Waals surface area (Å²) in [6, 6.07) is 8.41. The van der Waals surface area contributed by atoms with E-state index in [-0.39, 0.29) is 0 Å². The minimum Gasteiger partial charge on any atom is -0.381 e. The molecular weight excluding hydrogens is 210 g/mol. The van der Waals surface area contributed by atoms with Crippen LogP contribution in [0.1, 0.15) is 24.5 Å². The van der Waals surface area contributed by atoms with Gasteiger partial charge in [0.2, 0.25) is 0 Å². The van der Waals surface area contributed by atoms with Crippen LogP contribution in [0.5, 0.6) is 0 Å². The van der Waals surface area contributed by atoms with Crippen LogP contribution in [0.3, 0.4) is 0 Å². The SMILES string of the molecule is CCCn1cc(CNc2cccc(C)c2)cn1. The molecule has 0 aliphatic rings. The molecule has 0 saturated heterocycles. The Hall–Kier alpha value is -1.77. The van der Waals surface area contributed by atoms with Gasteiger partial charge in [-0.15, -0.1) is 0 Å². The van der Waals surface area contributed by atoms with Gasteiger partial charge in [0.15, 0.2) is 0 Å². The summed E-state index contributed by atoms with van der Waals surface area (Å²) >= 11 is 0. The molecule has 0 saturated carbocycles. The lowest BCUT2D eigenvalue weighted by molar-refractivity contribution is 0.602. The molecule has 0 radical (unpaired) electrons. The molecule has 0 aliphatic heterocycles. The van der Waals surface area contributed by atoms with E-state index >= 15 is 0 Å². The van der Waals surface area contributed by atoms with E-state index in [2.05, 4.69) is 54.7 Å². The Morgan fingerprint density at radius 2 is 2.24 bits per heavy atom. The lowest BCUT2D eigenvalue weighted by Crippen LogP contribution is -1.99. The number of anilines is 1. The van der Waals surface area contributed by atoms with E-state index in [1.807, 2.05) is 10.9 Å². The molecule has 0 amide bonds. The van der Waals surface area contributed by atoms with Gasteiger partial charge in [-0.25, -0.2) is 0 Å². The topological polar surface area (TPSA) is 29.9 Å². The molecule has 1 heterocycles. The van der Waals surface area contributed by atoms with Gasteiger partial charge in [0, 0.05) is 30.5 Å². The average molecular weight is 229 g/mol. The van der Waals surface area contributed by atoms with Crippen molar-refractivity contribution < 1.29 is 0 Å². The average Bonchev–Trinajstić information content (AvgIpc) is 2.75. The maximum atomic E-state index is 4.31. The van der Waals surface area contributed by atoms with Gasteiger partial charge in [-0.2, -0.15) is 5.10 Å². The van der Waals surface area contributed by atoms with Gasteiger partial charge in [-0.05, 0) is 31.0 Å². The molecule has 0 bridgehead atoms. The van der Waals surface area contributed by atoms with E-state index in [0.29, 0.717) is 0 Å². The largest absolute Gasteiger partial charge is 0.381 e. The Bertz CT molecular complexity index is 474. The first-order valence-corrected chi connectivity index (χ1v) is 6.10. The quantitative estimate of drug-likeness (QED) is 0.853. The van der Waals surface area contributed by atoms with Crippen LogP contribution in [0, 0.1) is 6.92 Å². The number of benzene rings is 1. The molecule has 1 N–H and O–H groups in total. The Kier molecular flexibility index (Phi) is 3.81. The molecular formula is C14H19N3. The van der Waals surface area contributed by atoms with Crippen molar-refractivity contribution in [2.45, 2.75) is 33.4 Å².